The van der Waals surface area contributed by atoms with E-state index < -0.39 is 0 Å². The molecule has 1 N–H and O–H groups in total. The second-order valence-corrected chi connectivity index (χ2v) is 7.45. The molecule has 2 fully saturated rings. The van der Waals surface area contributed by atoms with Crippen molar-refractivity contribution in [1.29, 1.82) is 0 Å². The SMILES string of the molecule is COc1ccc(C(=O)N2CCC[C@@]3(CCC(=O)N(CCCO)C3)C2)cc1. The Morgan fingerprint density at radius 1 is 1.23 bits per heavy atom. The van der Waals surface area contributed by atoms with Crippen LogP contribution < -0.4 is 4.74 Å². The number of aliphatic hydroxyl groups is 1. The Balaban J connectivity index is 1.69. The molecule has 1 aromatic rings. The molecule has 142 valence electrons. The number of aliphatic hydroxyl groups excluding tert-OH is 1. The van der Waals surface area contributed by atoms with Gasteiger partial charge in [-0.2, -0.15) is 0 Å². The molecule has 2 amide bonds. The van der Waals surface area contributed by atoms with E-state index in [1.807, 2.05) is 21.9 Å². The number of carbonyl (C=O) groups excluding carboxylic acids is 2. The van der Waals surface area contributed by atoms with Gasteiger partial charge in [-0.25, -0.2) is 0 Å². The van der Waals surface area contributed by atoms with Crippen LogP contribution in [0.3, 0.4) is 0 Å². The van der Waals surface area contributed by atoms with Crippen molar-refractivity contribution in [3.63, 3.8) is 0 Å². The van der Waals surface area contributed by atoms with Crippen LogP contribution in [-0.4, -0.2) is 66.6 Å². The Labute approximate surface area is 154 Å². The Hall–Kier alpha value is -2.08. The largest absolute Gasteiger partial charge is 0.497 e. The first-order valence-electron chi connectivity index (χ1n) is 9.39. The molecule has 0 saturated carbocycles. The second kappa shape index (κ2) is 8.08. The zero-order chi connectivity index (χ0) is 18.6. The summed E-state index contributed by atoms with van der Waals surface area (Å²) < 4.78 is 5.16. The summed E-state index contributed by atoms with van der Waals surface area (Å²) in [5, 5.41) is 9.06. The van der Waals surface area contributed by atoms with Crippen LogP contribution in [0.25, 0.3) is 0 Å². The molecule has 2 saturated heterocycles. The second-order valence-electron chi connectivity index (χ2n) is 7.45. The fourth-order valence-electron chi connectivity index (χ4n) is 4.20. The van der Waals surface area contributed by atoms with E-state index in [9.17, 15) is 9.59 Å². The summed E-state index contributed by atoms with van der Waals surface area (Å²) in [5.41, 5.74) is 0.663. The van der Waals surface area contributed by atoms with E-state index in [0.29, 0.717) is 38.0 Å². The fraction of sp³-hybridized carbons (Fsp3) is 0.600. The van der Waals surface area contributed by atoms with Crippen molar-refractivity contribution < 1.29 is 19.4 Å². The zero-order valence-electron chi connectivity index (χ0n) is 15.4. The fourth-order valence-corrected chi connectivity index (χ4v) is 4.20. The zero-order valence-corrected chi connectivity index (χ0v) is 15.4. The molecule has 6 heteroatoms. The average Bonchev–Trinajstić information content (AvgIpc) is 2.68. The third-order valence-electron chi connectivity index (χ3n) is 5.62. The number of likely N-dealkylation sites (tertiary alicyclic amines) is 2. The van der Waals surface area contributed by atoms with E-state index in [0.717, 1.165) is 31.6 Å². The minimum atomic E-state index is -0.0102. The summed E-state index contributed by atoms with van der Waals surface area (Å²) in [6, 6.07) is 7.23. The lowest BCUT2D eigenvalue weighted by atomic mass is 9.73. The van der Waals surface area contributed by atoms with Gasteiger partial charge in [0.2, 0.25) is 5.91 Å². The van der Waals surface area contributed by atoms with E-state index >= 15 is 0 Å². The van der Waals surface area contributed by atoms with E-state index in [2.05, 4.69) is 0 Å². The average molecular weight is 360 g/mol. The maximum absolute atomic E-state index is 12.9. The monoisotopic (exact) mass is 360 g/mol. The van der Waals surface area contributed by atoms with Crippen molar-refractivity contribution in [3.05, 3.63) is 29.8 Å². The highest BCUT2D eigenvalue weighted by Gasteiger charge is 2.42. The molecular weight excluding hydrogens is 332 g/mol. The predicted molar refractivity (Wildman–Crippen MR) is 98.1 cm³/mol. The van der Waals surface area contributed by atoms with Crippen molar-refractivity contribution in [1.82, 2.24) is 9.80 Å². The molecule has 6 nitrogen and oxygen atoms in total. The maximum Gasteiger partial charge on any atom is 0.253 e. The number of benzene rings is 1. The molecule has 0 radical (unpaired) electrons. The lowest BCUT2D eigenvalue weighted by molar-refractivity contribution is -0.139. The summed E-state index contributed by atoms with van der Waals surface area (Å²) in [5.74, 6) is 0.954. The molecule has 0 unspecified atom stereocenters. The number of methoxy groups -OCH3 is 1. The van der Waals surface area contributed by atoms with Crippen molar-refractivity contribution in [2.45, 2.75) is 32.1 Å². The summed E-state index contributed by atoms with van der Waals surface area (Å²) in [7, 11) is 1.61. The van der Waals surface area contributed by atoms with Crippen LogP contribution in [0.5, 0.6) is 5.75 Å². The number of rotatable bonds is 5. The minimum absolute atomic E-state index is 0.0102. The summed E-state index contributed by atoms with van der Waals surface area (Å²) in [6.45, 7) is 2.85. The molecule has 1 spiro atoms. The third-order valence-corrected chi connectivity index (χ3v) is 5.62. The van der Waals surface area contributed by atoms with Gasteiger partial charge in [-0.05, 0) is 49.9 Å². The number of hydrogen-bond donors (Lipinski definition) is 1. The standard InChI is InChI=1S/C20H28N2O4/c1-26-17-6-4-16(5-7-17)19(25)22-11-2-9-20(15-22)10-8-18(24)21(14-20)12-3-13-23/h4-7,23H,2-3,8-15H2,1H3/t20-/m0/s1. The Morgan fingerprint density at radius 2 is 2.00 bits per heavy atom. The molecule has 3 rings (SSSR count). The molecule has 26 heavy (non-hydrogen) atoms. The van der Waals surface area contributed by atoms with Gasteiger partial charge in [0, 0.05) is 50.2 Å². The third kappa shape index (κ3) is 4.01. The lowest BCUT2D eigenvalue weighted by Crippen LogP contribution is -2.55. The highest BCUT2D eigenvalue weighted by Crippen LogP contribution is 2.39. The van der Waals surface area contributed by atoms with Gasteiger partial charge in [-0.1, -0.05) is 0 Å². The number of carbonyl (C=O) groups is 2. The van der Waals surface area contributed by atoms with Crippen molar-refractivity contribution in [2.75, 3.05) is 39.9 Å². The normalized spacial score (nSPS) is 23.4. The van der Waals surface area contributed by atoms with Gasteiger partial charge in [0.25, 0.3) is 5.91 Å². The van der Waals surface area contributed by atoms with Crippen molar-refractivity contribution in [3.8, 4) is 5.75 Å². The molecule has 1 aromatic carbocycles. The van der Waals surface area contributed by atoms with Gasteiger partial charge in [0.15, 0.2) is 0 Å². The Kier molecular flexibility index (Phi) is 5.81. The first kappa shape index (κ1) is 18.7. The minimum Gasteiger partial charge on any atom is -0.497 e. The van der Waals surface area contributed by atoms with E-state index in [1.54, 1.807) is 19.2 Å². The molecule has 1 atom stereocenters. The topological polar surface area (TPSA) is 70.1 Å². The van der Waals surface area contributed by atoms with Crippen LogP contribution in [0.1, 0.15) is 42.5 Å². The van der Waals surface area contributed by atoms with Gasteiger partial charge < -0.3 is 19.6 Å². The van der Waals surface area contributed by atoms with Crippen LogP contribution in [0.2, 0.25) is 0 Å². The van der Waals surface area contributed by atoms with E-state index in [-0.39, 0.29) is 23.8 Å². The van der Waals surface area contributed by atoms with Crippen LogP contribution in [0.4, 0.5) is 0 Å². The quantitative estimate of drug-likeness (QED) is 0.871. The highest BCUT2D eigenvalue weighted by molar-refractivity contribution is 5.94. The summed E-state index contributed by atoms with van der Waals surface area (Å²) in [4.78, 5) is 28.9. The van der Waals surface area contributed by atoms with Crippen molar-refractivity contribution in [2.24, 2.45) is 5.41 Å². The van der Waals surface area contributed by atoms with Crippen LogP contribution >= 0.6 is 0 Å². The van der Waals surface area contributed by atoms with E-state index in [1.165, 1.54) is 0 Å². The van der Waals surface area contributed by atoms with Gasteiger partial charge in [0.05, 0.1) is 7.11 Å². The first-order chi connectivity index (χ1) is 12.6. The number of hydrogen-bond acceptors (Lipinski definition) is 4. The maximum atomic E-state index is 12.9. The highest BCUT2D eigenvalue weighted by atomic mass is 16.5. The molecule has 2 heterocycles. The Morgan fingerprint density at radius 3 is 2.69 bits per heavy atom. The molecule has 2 aliphatic heterocycles. The molecule has 0 aliphatic carbocycles. The van der Waals surface area contributed by atoms with Gasteiger partial charge in [-0.15, -0.1) is 0 Å². The van der Waals surface area contributed by atoms with Crippen LogP contribution in [-0.2, 0) is 4.79 Å². The number of amides is 2. The molecule has 0 aromatic heterocycles. The van der Waals surface area contributed by atoms with Gasteiger partial charge in [-0.3, -0.25) is 9.59 Å². The van der Waals surface area contributed by atoms with Crippen molar-refractivity contribution >= 4 is 11.8 Å². The first-order valence-corrected chi connectivity index (χ1v) is 9.39. The van der Waals surface area contributed by atoms with Gasteiger partial charge in [0.1, 0.15) is 5.75 Å². The van der Waals surface area contributed by atoms with E-state index in [4.69, 9.17) is 9.84 Å². The number of piperidine rings is 2. The Bertz CT molecular complexity index is 646. The molecule has 2 aliphatic rings. The predicted octanol–water partition coefficient (Wildman–Crippen LogP) is 1.92. The van der Waals surface area contributed by atoms with Gasteiger partial charge >= 0.3 is 0 Å². The summed E-state index contributed by atoms with van der Waals surface area (Å²) in [6.07, 6.45) is 3.99. The van der Waals surface area contributed by atoms with Crippen LogP contribution in [0.15, 0.2) is 24.3 Å². The summed E-state index contributed by atoms with van der Waals surface area (Å²) >= 11 is 0. The molecular formula is C20H28N2O4. The van der Waals surface area contributed by atoms with Crippen LogP contribution in [0, 0.1) is 5.41 Å². The molecule has 0 bridgehead atoms. The smallest absolute Gasteiger partial charge is 0.253 e. The number of ether oxygens (including phenoxy) is 1. The lowest BCUT2D eigenvalue weighted by Gasteiger charge is -2.48. The number of nitrogens with zero attached hydrogens (tertiary/aromatic N) is 2.